The lowest BCUT2D eigenvalue weighted by molar-refractivity contribution is -0.123. The van der Waals surface area contributed by atoms with Crippen molar-refractivity contribution in [2.75, 3.05) is 7.11 Å². The fraction of sp³-hybridized carbons (Fsp3) is 0.0556. The molecule has 0 bridgehead atoms. The molecule has 2 aromatic carbocycles. The van der Waals surface area contributed by atoms with E-state index >= 15 is 0 Å². The van der Waals surface area contributed by atoms with Crippen LogP contribution in [0.3, 0.4) is 0 Å². The number of carbonyl (C=O) groups excluding carboxylic acids is 2. The average molecular weight is 386 g/mol. The number of hydrogen-bond donors (Lipinski definition) is 2. The summed E-state index contributed by atoms with van der Waals surface area (Å²) in [5.41, 5.74) is 3.29. The topological polar surface area (TPSA) is 78.9 Å². The molecular formula is C18H14N2O4S2. The highest BCUT2D eigenvalue weighted by Crippen LogP contribution is 2.32. The van der Waals surface area contributed by atoms with Crippen LogP contribution in [0.5, 0.6) is 11.5 Å². The number of hydrazine groups is 1. The van der Waals surface area contributed by atoms with Crippen LogP contribution >= 0.6 is 24.0 Å². The molecule has 1 aliphatic heterocycles. The van der Waals surface area contributed by atoms with Gasteiger partial charge < -0.3 is 9.84 Å². The van der Waals surface area contributed by atoms with E-state index in [1.807, 2.05) is 12.1 Å². The number of thioether (sulfide) groups is 1. The van der Waals surface area contributed by atoms with E-state index in [0.29, 0.717) is 10.7 Å². The Bertz CT molecular complexity index is 910. The molecule has 0 saturated carbocycles. The monoisotopic (exact) mass is 386 g/mol. The number of phenols is 1. The van der Waals surface area contributed by atoms with Gasteiger partial charge in [0, 0.05) is 0 Å². The number of ether oxygens (including phenoxy) is 1. The standard InChI is InChI=1S/C18H14N2O4S2/c1-24-12-8-6-11(7-9-12)10-15-17(23)20(18(25)26-15)19-16(22)13-4-2-3-5-14(13)21/h2-10,21H,1H3,(H,19,22)/b15-10-. The Morgan fingerprint density at radius 1 is 1.23 bits per heavy atom. The van der Waals surface area contributed by atoms with Crippen molar-refractivity contribution < 1.29 is 19.4 Å². The van der Waals surface area contributed by atoms with Crippen molar-refractivity contribution in [3.63, 3.8) is 0 Å². The number of methoxy groups -OCH3 is 1. The van der Waals surface area contributed by atoms with Crippen LogP contribution in [0.1, 0.15) is 15.9 Å². The minimum atomic E-state index is -0.620. The molecule has 2 aromatic rings. The number of thiocarbonyl (C=S) groups is 1. The first-order valence-electron chi connectivity index (χ1n) is 7.50. The lowest BCUT2D eigenvalue weighted by Gasteiger charge is -2.16. The highest BCUT2D eigenvalue weighted by molar-refractivity contribution is 8.26. The molecule has 0 aromatic heterocycles. The van der Waals surface area contributed by atoms with Gasteiger partial charge >= 0.3 is 0 Å². The van der Waals surface area contributed by atoms with Gasteiger partial charge in [0.15, 0.2) is 4.32 Å². The molecule has 0 radical (unpaired) electrons. The zero-order valence-electron chi connectivity index (χ0n) is 13.6. The van der Waals surface area contributed by atoms with Gasteiger partial charge in [-0.25, -0.2) is 0 Å². The number of nitrogens with zero attached hydrogens (tertiary/aromatic N) is 1. The summed E-state index contributed by atoms with van der Waals surface area (Å²) in [6.45, 7) is 0. The largest absolute Gasteiger partial charge is 0.507 e. The van der Waals surface area contributed by atoms with Crippen LogP contribution in [0.25, 0.3) is 6.08 Å². The first-order valence-corrected chi connectivity index (χ1v) is 8.73. The van der Waals surface area contributed by atoms with E-state index in [1.165, 1.54) is 12.1 Å². The molecule has 0 aliphatic carbocycles. The Morgan fingerprint density at radius 2 is 1.92 bits per heavy atom. The maximum Gasteiger partial charge on any atom is 0.285 e. The summed E-state index contributed by atoms with van der Waals surface area (Å²) in [4.78, 5) is 25.2. The van der Waals surface area contributed by atoms with Crippen molar-refractivity contribution in [3.8, 4) is 11.5 Å². The zero-order valence-corrected chi connectivity index (χ0v) is 15.3. The van der Waals surface area contributed by atoms with E-state index < -0.39 is 11.8 Å². The quantitative estimate of drug-likeness (QED) is 0.621. The summed E-state index contributed by atoms with van der Waals surface area (Å²) >= 11 is 6.27. The molecule has 0 unspecified atom stereocenters. The molecule has 6 nitrogen and oxygen atoms in total. The van der Waals surface area contributed by atoms with Gasteiger partial charge in [0.2, 0.25) is 0 Å². The van der Waals surface area contributed by atoms with Crippen molar-refractivity contribution in [1.29, 1.82) is 0 Å². The van der Waals surface area contributed by atoms with Crippen LogP contribution in [0.4, 0.5) is 0 Å². The summed E-state index contributed by atoms with van der Waals surface area (Å²) < 4.78 is 5.31. The number of para-hydroxylation sites is 1. The van der Waals surface area contributed by atoms with Gasteiger partial charge in [0.05, 0.1) is 17.6 Å². The van der Waals surface area contributed by atoms with Gasteiger partial charge in [-0.2, -0.15) is 5.01 Å². The maximum absolute atomic E-state index is 12.5. The van der Waals surface area contributed by atoms with Crippen molar-refractivity contribution in [2.45, 2.75) is 0 Å². The van der Waals surface area contributed by atoms with Gasteiger partial charge in [0.25, 0.3) is 11.8 Å². The number of phenolic OH excluding ortho intramolecular Hbond substituents is 1. The Hall–Kier alpha value is -2.84. The van der Waals surface area contributed by atoms with Crippen molar-refractivity contribution in [2.24, 2.45) is 0 Å². The highest BCUT2D eigenvalue weighted by atomic mass is 32.2. The van der Waals surface area contributed by atoms with E-state index in [-0.39, 0.29) is 15.6 Å². The molecule has 8 heteroatoms. The third-order valence-electron chi connectivity index (χ3n) is 3.57. The second-order valence-electron chi connectivity index (χ2n) is 5.25. The SMILES string of the molecule is COc1ccc(/C=C2\SC(=S)N(NC(=O)c3ccccc3O)C2=O)cc1. The van der Waals surface area contributed by atoms with E-state index in [0.717, 1.165) is 22.3 Å². The van der Waals surface area contributed by atoms with Gasteiger partial charge in [-0.05, 0) is 48.1 Å². The number of hydrogen-bond acceptors (Lipinski definition) is 6. The first kappa shape index (κ1) is 18.0. The fourth-order valence-corrected chi connectivity index (χ4v) is 3.42. The van der Waals surface area contributed by atoms with E-state index in [9.17, 15) is 14.7 Å². The molecule has 132 valence electrons. The Balaban J connectivity index is 1.77. The minimum absolute atomic E-state index is 0.0562. The molecule has 1 aliphatic rings. The highest BCUT2D eigenvalue weighted by Gasteiger charge is 2.34. The zero-order chi connectivity index (χ0) is 18.7. The first-order chi connectivity index (χ1) is 12.5. The van der Waals surface area contributed by atoms with Crippen LogP contribution in [0.2, 0.25) is 0 Å². The summed E-state index contributed by atoms with van der Waals surface area (Å²) in [7, 11) is 1.58. The predicted octanol–water partition coefficient (Wildman–Crippen LogP) is 2.95. The maximum atomic E-state index is 12.5. The molecule has 0 atom stereocenters. The lowest BCUT2D eigenvalue weighted by atomic mass is 10.2. The Labute approximate surface area is 159 Å². The molecule has 1 fully saturated rings. The molecule has 1 saturated heterocycles. The lowest BCUT2D eigenvalue weighted by Crippen LogP contribution is -2.44. The molecule has 1 heterocycles. The third kappa shape index (κ3) is 3.71. The van der Waals surface area contributed by atoms with Crippen molar-refractivity contribution in [1.82, 2.24) is 10.4 Å². The van der Waals surface area contributed by atoms with Crippen molar-refractivity contribution >= 4 is 46.2 Å². The van der Waals surface area contributed by atoms with Gasteiger partial charge in [-0.3, -0.25) is 15.0 Å². The third-order valence-corrected chi connectivity index (χ3v) is 4.87. The smallest absolute Gasteiger partial charge is 0.285 e. The van der Waals surface area contributed by atoms with Gasteiger partial charge in [-0.1, -0.05) is 36.0 Å². The van der Waals surface area contributed by atoms with Crippen molar-refractivity contribution in [3.05, 3.63) is 64.6 Å². The molecule has 3 rings (SSSR count). The van der Waals surface area contributed by atoms with Gasteiger partial charge in [0.1, 0.15) is 11.5 Å². The summed E-state index contributed by atoms with van der Waals surface area (Å²) in [5.74, 6) is -0.515. The van der Waals surface area contributed by atoms with Gasteiger partial charge in [-0.15, -0.1) is 0 Å². The number of nitrogens with one attached hydrogen (secondary N) is 1. The number of rotatable bonds is 4. The second kappa shape index (κ2) is 7.59. The van der Waals surface area contributed by atoms with E-state index in [4.69, 9.17) is 17.0 Å². The van der Waals surface area contributed by atoms with Crippen LogP contribution in [0, 0.1) is 0 Å². The number of aromatic hydroxyl groups is 1. The summed E-state index contributed by atoms with van der Waals surface area (Å²) in [6.07, 6.45) is 1.69. The Morgan fingerprint density at radius 3 is 2.58 bits per heavy atom. The van der Waals surface area contributed by atoms with Crippen LogP contribution < -0.4 is 10.2 Å². The molecule has 0 spiro atoms. The molecule has 2 N–H and O–H groups in total. The van der Waals surface area contributed by atoms with Crippen LogP contribution in [0.15, 0.2) is 53.4 Å². The summed E-state index contributed by atoms with van der Waals surface area (Å²) in [5, 5.41) is 10.8. The minimum Gasteiger partial charge on any atom is -0.507 e. The molecular weight excluding hydrogens is 372 g/mol. The van der Waals surface area contributed by atoms with E-state index in [2.05, 4.69) is 5.43 Å². The average Bonchev–Trinajstić information content (AvgIpc) is 2.90. The normalized spacial score (nSPS) is 15.4. The molecule has 2 amide bonds. The fourth-order valence-electron chi connectivity index (χ4n) is 2.24. The molecule has 26 heavy (non-hydrogen) atoms. The predicted molar refractivity (Wildman–Crippen MR) is 104 cm³/mol. The second-order valence-corrected chi connectivity index (χ2v) is 6.92. The van der Waals surface area contributed by atoms with Crippen LogP contribution in [-0.4, -0.2) is 33.4 Å². The number of carbonyl (C=O) groups is 2. The number of amides is 2. The van der Waals surface area contributed by atoms with E-state index in [1.54, 1.807) is 37.5 Å². The Kier molecular flexibility index (Phi) is 5.24. The summed E-state index contributed by atoms with van der Waals surface area (Å²) in [6, 6.07) is 13.3. The number of benzene rings is 2. The van der Waals surface area contributed by atoms with Crippen LogP contribution in [-0.2, 0) is 4.79 Å².